The van der Waals surface area contributed by atoms with Gasteiger partial charge in [-0.05, 0) is 146 Å². The fraction of sp³-hybridized carbons (Fsp3) is 0.0606. The van der Waals surface area contributed by atoms with E-state index in [0.717, 1.165) is 78.0 Å². The monoisotopic (exact) mass is 898 g/mol. The molecule has 11 aromatic carbocycles. The van der Waals surface area contributed by atoms with Crippen molar-refractivity contribution in [2.24, 2.45) is 0 Å². The Morgan fingerprint density at radius 1 is 0.357 bits per heavy atom. The Morgan fingerprint density at radius 3 is 1.49 bits per heavy atom. The summed E-state index contributed by atoms with van der Waals surface area (Å²) in [5, 5.41) is 9.56. The van der Waals surface area contributed by atoms with Gasteiger partial charge in [0.15, 0.2) is 11.2 Å². The van der Waals surface area contributed by atoms with Gasteiger partial charge in [0.2, 0.25) is 0 Å². The molecule has 0 aliphatic heterocycles. The highest BCUT2D eigenvalue weighted by molar-refractivity contribution is 6.20. The van der Waals surface area contributed by atoms with Gasteiger partial charge < -0.3 is 18.6 Å². The van der Waals surface area contributed by atoms with Crippen molar-refractivity contribution in [3.05, 3.63) is 241 Å². The molecule has 2 heterocycles. The number of hydrogen-bond donors (Lipinski definition) is 0. The van der Waals surface area contributed by atoms with E-state index in [1.807, 2.05) is 18.2 Å². The smallest absolute Gasteiger partial charge is 0.159 e. The van der Waals surface area contributed by atoms with Crippen LogP contribution in [0.3, 0.4) is 0 Å². The van der Waals surface area contributed by atoms with Crippen molar-refractivity contribution in [2.75, 3.05) is 9.80 Å². The van der Waals surface area contributed by atoms with Crippen molar-refractivity contribution in [3.63, 3.8) is 0 Å². The zero-order chi connectivity index (χ0) is 46.7. The van der Waals surface area contributed by atoms with Crippen LogP contribution in [0.4, 0.5) is 34.1 Å². The van der Waals surface area contributed by atoms with E-state index < -0.39 is 0 Å². The lowest BCUT2D eigenvalue weighted by Gasteiger charge is -2.37. The molecule has 1 aliphatic carbocycles. The second kappa shape index (κ2) is 15.3. The lowest BCUT2D eigenvalue weighted by molar-refractivity contribution is 0.645. The summed E-state index contributed by atoms with van der Waals surface area (Å²) < 4.78 is 13.2. The lowest BCUT2D eigenvalue weighted by Crippen LogP contribution is -2.24. The number of benzene rings is 11. The molecule has 0 unspecified atom stereocenters. The van der Waals surface area contributed by atoms with Crippen molar-refractivity contribution < 1.29 is 8.83 Å². The van der Waals surface area contributed by atoms with Gasteiger partial charge >= 0.3 is 0 Å². The summed E-state index contributed by atoms with van der Waals surface area (Å²) in [6.45, 7) is 7.11. The van der Waals surface area contributed by atoms with Crippen LogP contribution in [0.25, 0.3) is 87.7 Å². The molecule has 4 heteroatoms. The van der Waals surface area contributed by atoms with Crippen LogP contribution in [0.2, 0.25) is 0 Å². The van der Waals surface area contributed by atoms with Crippen LogP contribution in [0.5, 0.6) is 0 Å². The minimum atomic E-state index is -0.266. The Labute approximate surface area is 405 Å². The van der Waals surface area contributed by atoms with Gasteiger partial charge in [0.05, 0.1) is 11.4 Å². The summed E-state index contributed by atoms with van der Waals surface area (Å²) in [7, 11) is 0. The van der Waals surface area contributed by atoms with Crippen LogP contribution in [0, 0.1) is 6.92 Å². The van der Waals surface area contributed by atoms with Crippen LogP contribution < -0.4 is 9.80 Å². The maximum absolute atomic E-state index is 6.65. The van der Waals surface area contributed by atoms with Crippen LogP contribution in [-0.2, 0) is 5.41 Å². The van der Waals surface area contributed by atoms with Crippen molar-refractivity contribution in [3.8, 4) is 22.3 Å². The Kier molecular flexibility index (Phi) is 8.81. The molecular weight excluding hydrogens is 853 g/mol. The minimum Gasteiger partial charge on any atom is -0.454 e. The number of hydrogen-bond acceptors (Lipinski definition) is 4. The third-order valence-electron chi connectivity index (χ3n) is 15.0. The van der Waals surface area contributed by atoms with Gasteiger partial charge in [-0.2, -0.15) is 0 Å². The van der Waals surface area contributed by atoms with Crippen molar-refractivity contribution in [1.29, 1.82) is 0 Å². The predicted octanol–water partition coefficient (Wildman–Crippen LogP) is 19.0. The summed E-state index contributed by atoms with van der Waals surface area (Å²) in [5.74, 6) is 0. The third kappa shape index (κ3) is 5.96. The highest BCUT2D eigenvalue weighted by atomic mass is 16.3. The van der Waals surface area contributed by atoms with E-state index in [4.69, 9.17) is 8.83 Å². The van der Waals surface area contributed by atoms with Gasteiger partial charge in [-0.15, -0.1) is 0 Å². The minimum absolute atomic E-state index is 0.266. The topological polar surface area (TPSA) is 32.8 Å². The van der Waals surface area contributed by atoms with Crippen LogP contribution >= 0.6 is 0 Å². The van der Waals surface area contributed by atoms with Crippen molar-refractivity contribution in [2.45, 2.75) is 26.2 Å². The highest BCUT2D eigenvalue weighted by Gasteiger charge is 2.35. The molecule has 332 valence electrons. The molecule has 4 nitrogen and oxygen atoms in total. The number of aryl methyl sites for hydroxylation is 1. The van der Waals surface area contributed by atoms with Crippen molar-refractivity contribution in [1.82, 2.24) is 0 Å². The second-order valence-electron chi connectivity index (χ2n) is 19.2. The number of rotatable bonds is 7. The van der Waals surface area contributed by atoms with E-state index in [1.54, 1.807) is 0 Å². The van der Waals surface area contributed by atoms with Gasteiger partial charge in [-0.1, -0.05) is 159 Å². The van der Waals surface area contributed by atoms with Gasteiger partial charge in [-0.3, -0.25) is 0 Å². The fourth-order valence-electron chi connectivity index (χ4n) is 11.7. The van der Waals surface area contributed by atoms with Crippen LogP contribution in [0.15, 0.2) is 233 Å². The molecule has 14 rings (SSSR count). The molecule has 0 atom stereocenters. The Bertz CT molecular complexity index is 4220. The summed E-state index contributed by atoms with van der Waals surface area (Å²) >= 11 is 0. The molecule has 70 heavy (non-hydrogen) atoms. The molecule has 2 aromatic heterocycles. The van der Waals surface area contributed by atoms with E-state index in [9.17, 15) is 0 Å². The van der Waals surface area contributed by atoms with E-state index in [0.29, 0.717) is 0 Å². The number of furan rings is 2. The summed E-state index contributed by atoms with van der Waals surface area (Å²) in [4.78, 5) is 4.65. The van der Waals surface area contributed by atoms with Gasteiger partial charge in [0.25, 0.3) is 0 Å². The maximum atomic E-state index is 6.65. The van der Waals surface area contributed by atoms with Crippen molar-refractivity contribution >= 4 is 99.5 Å². The first-order valence-electron chi connectivity index (χ1n) is 24.2. The van der Waals surface area contributed by atoms with Gasteiger partial charge in [-0.25, -0.2) is 0 Å². The number of para-hydroxylation sites is 6. The van der Waals surface area contributed by atoms with E-state index in [2.05, 4.69) is 237 Å². The first-order valence-corrected chi connectivity index (χ1v) is 24.2. The Morgan fingerprint density at radius 2 is 0.857 bits per heavy atom. The summed E-state index contributed by atoms with van der Waals surface area (Å²) in [5.41, 5.74) is 18.5. The van der Waals surface area contributed by atoms with Gasteiger partial charge in [0.1, 0.15) is 11.2 Å². The van der Waals surface area contributed by atoms with Crippen LogP contribution in [0.1, 0.15) is 30.5 Å². The molecule has 0 fully saturated rings. The predicted molar refractivity (Wildman–Crippen MR) is 293 cm³/mol. The average molecular weight is 899 g/mol. The molecule has 13 aromatic rings. The largest absolute Gasteiger partial charge is 0.454 e. The standard InChI is InChI=1S/C66H46N2O2/c1-41-48-38-36-47(68(45-19-8-5-9-20-45)59-28-16-25-53-50-22-11-13-30-61(50)70-65(53)59)40-55(48)51-23-14-26-56-63(51)62(41)54-37-33-43(39-57(54)66(56,2)3)42-31-34-46(35-32-42)67(44-17-6-4-7-18-44)58-27-15-24-52-49-21-10-12-29-60(49)69-64(52)58/h4-40H,1-3H3. The summed E-state index contributed by atoms with van der Waals surface area (Å²) in [6, 6.07) is 80.8. The number of nitrogens with zero attached hydrogens (tertiary/aromatic N) is 2. The Balaban J connectivity index is 0.884. The first kappa shape index (κ1) is 40.2. The quantitative estimate of drug-likeness (QED) is 0.149. The fourth-order valence-corrected chi connectivity index (χ4v) is 11.7. The zero-order valence-corrected chi connectivity index (χ0v) is 39.1. The molecule has 0 radical (unpaired) electrons. The van der Waals surface area contributed by atoms with E-state index >= 15 is 0 Å². The van der Waals surface area contributed by atoms with E-state index in [-0.39, 0.29) is 5.41 Å². The average Bonchev–Trinajstić information content (AvgIpc) is 3.99. The number of fused-ring (bicyclic) bond motifs is 10. The van der Waals surface area contributed by atoms with Crippen LogP contribution in [-0.4, -0.2) is 0 Å². The molecule has 0 amide bonds. The molecular formula is C66H46N2O2. The number of anilines is 6. The third-order valence-corrected chi connectivity index (χ3v) is 15.0. The highest BCUT2D eigenvalue weighted by Crippen LogP contribution is 2.54. The molecule has 0 N–H and O–H groups in total. The summed E-state index contributed by atoms with van der Waals surface area (Å²) in [6.07, 6.45) is 0. The SMILES string of the molecule is Cc1c2c3c(cccc3c3cc(N(c4ccccc4)c4cccc5c4oc4ccccc45)ccc13)C(C)(C)c1cc(-c3ccc(N(c4ccccc4)c4cccc5c4oc4ccccc45)cc3)ccc1-2. The molecule has 1 aliphatic rings. The Hall–Kier alpha value is -8.86. The second-order valence-corrected chi connectivity index (χ2v) is 19.2. The van der Waals surface area contributed by atoms with E-state index in [1.165, 1.54) is 60.5 Å². The molecule has 0 saturated heterocycles. The normalized spacial score (nSPS) is 12.9. The molecule has 0 saturated carbocycles. The first-order chi connectivity index (χ1) is 34.4. The van der Waals surface area contributed by atoms with Gasteiger partial charge in [0, 0.05) is 49.7 Å². The molecule has 0 spiro atoms. The lowest BCUT2D eigenvalue weighted by atomic mass is 9.66. The molecule has 0 bridgehead atoms. The maximum Gasteiger partial charge on any atom is 0.159 e. The zero-order valence-electron chi connectivity index (χ0n) is 39.1.